The lowest BCUT2D eigenvalue weighted by molar-refractivity contribution is -0.140. The minimum Gasteiger partial charge on any atom is -0.507 e. The second-order valence-corrected chi connectivity index (χ2v) is 9.19. The Kier molecular flexibility index (Phi) is 7.34. The number of likely N-dealkylation sites (tertiary alicyclic amines) is 1. The molecule has 4 rings (SSSR count). The number of pyridine rings is 1. The van der Waals surface area contributed by atoms with Crippen molar-refractivity contribution in [1.82, 2.24) is 9.88 Å². The zero-order valence-corrected chi connectivity index (χ0v) is 20.8. The Hall–Kier alpha value is -4.19. The Morgan fingerprint density at radius 1 is 1.17 bits per heavy atom. The summed E-state index contributed by atoms with van der Waals surface area (Å²) in [7, 11) is 0. The third kappa shape index (κ3) is 4.93. The molecule has 1 fully saturated rings. The fraction of sp³-hybridized carbons (Fsp3) is 0.233. The number of ether oxygens (including phenoxy) is 1. The first-order valence-corrected chi connectivity index (χ1v) is 11.9. The molecular weight excluding hydrogens is 452 g/mol. The average Bonchev–Trinajstić information content (AvgIpc) is 3.12. The van der Waals surface area contributed by atoms with Crippen LogP contribution in [0.3, 0.4) is 0 Å². The molecule has 1 aliphatic heterocycles. The standard InChI is InChI=1S/C30H30N2O4/c1-5-15-36-24-12-13-25(20(4)16-24)28(33)26-27(23-10-8-22(9-11-23)19(2)3)32(30(35)29(26)34)18-21-7-6-14-31-17-21/h5-14,16-17,19,27,33H,1,15,18H2,2-4H3/b28-26+. The van der Waals surface area contributed by atoms with Crippen LogP contribution >= 0.6 is 0 Å². The highest BCUT2D eigenvalue weighted by molar-refractivity contribution is 6.46. The van der Waals surface area contributed by atoms with E-state index in [9.17, 15) is 14.7 Å². The summed E-state index contributed by atoms with van der Waals surface area (Å²) in [6.07, 6.45) is 4.98. The van der Waals surface area contributed by atoms with E-state index < -0.39 is 17.7 Å². The van der Waals surface area contributed by atoms with Crippen molar-refractivity contribution in [3.05, 3.63) is 113 Å². The van der Waals surface area contributed by atoms with E-state index in [1.165, 1.54) is 4.90 Å². The van der Waals surface area contributed by atoms with Crippen LogP contribution in [0.1, 0.15) is 53.6 Å². The summed E-state index contributed by atoms with van der Waals surface area (Å²) in [5.74, 6) is -0.595. The highest BCUT2D eigenvalue weighted by Crippen LogP contribution is 2.41. The molecule has 6 heteroatoms. The summed E-state index contributed by atoms with van der Waals surface area (Å²) in [5, 5.41) is 11.4. The van der Waals surface area contributed by atoms with Gasteiger partial charge < -0.3 is 14.7 Å². The molecule has 2 aromatic carbocycles. The third-order valence-corrected chi connectivity index (χ3v) is 6.36. The molecule has 1 amide bonds. The zero-order chi connectivity index (χ0) is 25.8. The average molecular weight is 483 g/mol. The molecule has 0 spiro atoms. The molecule has 1 atom stereocenters. The summed E-state index contributed by atoms with van der Waals surface area (Å²) in [6, 6.07) is 16.0. The number of aryl methyl sites for hydroxylation is 1. The predicted molar refractivity (Wildman–Crippen MR) is 139 cm³/mol. The van der Waals surface area contributed by atoms with E-state index in [1.54, 1.807) is 42.7 Å². The monoisotopic (exact) mass is 482 g/mol. The van der Waals surface area contributed by atoms with Crippen molar-refractivity contribution >= 4 is 17.4 Å². The van der Waals surface area contributed by atoms with E-state index in [2.05, 4.69) is 25.4 Å². The van der Waals surface area contributed by atoms with Crippen molar-refractivity contribution in [3.63, 3.8) is 0 Å². The SMILES string of the molecule is C=CCOc1ccc(/C(O)=C2\C(=O)C(=O)N(Cc3cccnc3)C2c2ccc(C(C)C)cc2)c(C)c1. The lowest BCUT2D eigenvalue weighted by Crippen LogP contribution is -2.29. The number of hydrogen-bond donors (Lipinski definition) is 1. The molecule has 1 N–H and O–H groups in total. The molecule has 0 saturated carbocycles. The number of benzene rings is 2. The van der Waals surface area contributed by atoms with Gasteiger partial charge in [-0.25, -0.2) is 0 Å². The highest BCUT2D eigenvalue weighted by Gasteiger charge is 2.46. The van der Waals surface area contributed by atoms with E-state index in [0.29, 0.717) is 23.8 Å². The van der Waals surface area contributed by atoms with E-state index >= 15 is 0 Å². The number of Topliss-reactive ketones (excluding diaryl/α,β-unsaturated/α-hetero) is 1. The third-order valence-electron chi connectivity index (χ3n) is 6.36. The predicted octanol–water partition coefficient (Wildman–Crippen LogP) is 5.70. The Balaban J connectivity index is 1.83. The van der Waals surface area contributed by atoms with Crippen molar-refractivity contribution in [3.8, 4) is 5.75 Å². The second kappa shape index (κ2) is 10.6. The minimum atomic E-state index is -0.734. The molecule has 2 heterocycles. The van der Waals surface area contributed by atoms with Gasteiger partial charge in [0, 0.05) is 24.5 Å². The van der Waals surface area contributed by atoms with Crippen LogP contribution in [0.2, 0.25) is 0 Å². The maximum absolute atomic E-state index is 13.3. The Morgan fingerprint density at radius 2 is 1.92 bits per heavy atom. The van der Waals surface area contributed by atoms with E-state index in [0.717, 1.165) is 22.3 Å². The van der Waals surface area contributed by atoms with Crippen LogP contribution in [0.15, 0.2) is 85.2 Å². The van der Waals surface area contributed by atoms with E-state index in [1.807, 2.05) is 37.3 Å². The van der Waals surface area contributed by atoms with Crippen molar-refractivity contribution < 1.29 is 19.4 Å². The summed E-state index contributed by atoms with van der Waals surface area (Å²) < 4.78 is 5.59. The molecule has 36 heavy (non-hydrogen) atoms. The molecule has 0 bridgehead atoms. The van der Waals surface area contributed by atoms with E-state index in [-0.39, 0.29) is 17.9 Å². The number of hydrogen-bond acceptors (Lipinski definition) is 5. The van der Waals surface area contributed by atoms with Gasteiger partial charge in [-0.1, -0.05) is 56.8 Å². The molecular formula is C30H30N2O4. The van der Waals surface area contributed by atoms with Gasteiger partial charge in [0.1, 0.15) is 18.1 Å². The van der Waals surface area contributed by atoms with Gasteiger partial charge >= 0.3 is 0 Å². The van der Waals surface area contributed by atoms with Gasteiger partial charge in [0.2, 0.25) is 0 Å². The topological polar surface area (TPSA) is 79.7 Å². The normalized spacial score (nSPS) is 17.0. The van der Waals surface area contributed by atoms with Crippen molar-refractivity contribution in [2.24, 2.45) is 0 Å². The Labute approximate surface area is 211 Å². The van der Waals surface area contributed by atoms with Gasteiger partial charge in [-0.3, -0.25) is 14.6 Å². The number of rotatable bonds is 8. The van der Waals surface area contributed by atoms with Crippen LogP contribution in [0.4, 0.5) is 0 Å². The summed E-state index contributed by atoms with van der Waals surface area (Å²) in [4.78, 5) is 32.2. The van der Waals surface area contributed by atoms with Crippen LogP contribution in [0, 0.1) is 6.92 Å². The number of carbonyl (C=O) groups excluding carboxylic acids is 2. The lowest BCUT2D eigenvalue weighted by Gasteiger charge is -2.26. The minimum absolute atomic E-state index is 0.0732. The largest absolute Gasteiger partial charge is 0.507 e. The Morgan fingerprint density at radius 3 is 2.53 bits per heavy atom. The van der Waals surface area contributed by atoms with Crippen LogP contribution in [0.5, 0.6) is 5.75 Å². The number of amides is 1. The molecule has 0 radical (unpaired) electrons. The second-order valence-electron chi connectivity index (χ2n) is 9.19. The molecule has 0 aliphatic carbocycles. The van der Waals surface area contributed by atoms with E-state index in [4.69, 9.17) is 4.74 Å². The summed E-state index contributed by atoms with van der Waals surface area (Å²) in [5.41, 5.74) is 3.97. The lowest BCUT2D eigenvalue weighted by atomic mass is 9.92. The molecule has 184 valence electrons. The van der Waals surface area contributed by atoms with Crippen LogP contribution in [0.25, 0.3) is 5.76 Å². The first-order chi connectivity index (χ1) is 17.3. The van der Waals surface area contributed by atoms with Crippen LogP contribution < -0.4 is 4.74 Å². The van der Waals surface area contributed by atoms with Crippen molar-refractivity contribution in [2.45, 2.75) is 39.3 Å². The van der Waals surface area contributed by atoms with Gasteiger partial charge in [0.25, 0.3) is 11.7 Å². The Bertz CT molecular complexity index is 1310. The number of aliphatic hydroxyl groups is 1. The zero-order valence-electron chi connectivity index (χ0n) is 20.8. The number of ketones is 1. The van der Waals surface area contributed by atoms with Gasteiger partial charge in [0.15, 0.2) is 0 Å². The number of aliphatic hydroxyl groups excluding tert-OH is 1. The molecule has 6 nitrogen and oxygen atoms in total. The smallest absolute Gasteiger partial charge is 0.295 e. The molecule has 1 saturated heterocycles. The molecule has 1 unspecified atom stereocenters. The number of carbonyl (C=O) groups is 2. The van der Waals surface area contributed by atoms with Crippen LogP contribution in [-0.4, -0.2) is 33.3 Å². The fourth-order valence-electron chi connectivity index (χ4n) is 4.43. The molecule has 1 aliphatic rings. The van der Waals surface area contributed by atoms with Gasteiger partial charge in [-0.05, 0) is 59.4 Å². The van der Waals surface area contributed by atoms with Gasteiger partial charge in [-0.15, -0.1) is 0 Å². The summed E-state index contributed by atoms with van der Waals surface area (Å²) in [6.45, 7) is 10.2. The van der Waals surface area contributed by atoms with Gasteiger partial charge in [-0.2, -0.15) is 0 Å². The fourth-order valence-corrected chi connectivity index (χ4v) is 4.43. The summed E-state index contributed by atoms with van der Waals surface area (Å²) >= 11 is 0. The van der Waals surface area contributed by atoms with Gasteiger partial charge in [0.05, 0.1) is 11.6 Å². The molecule has 3 aromatic rings. The van der Waals surface area contributed by atoms with Crippen molar-refractivity contribution in [1.29, 1.82) is 0 Å². The maximum atomic E-state index is 13.3. The maximum Gasteiger partial charge on any atom is 0.295 e. The first kappa shape index (κ1) is 24.9. The number of aromatic nitrogens is 1. The highest BCUT2D eigenvalue weighted by atomic mass is 16.5. The van der Waals surface area contributed by atoms with Crippen molar-refractivity contribution in [2.75, 3.05) is 6.61 Å². The molecule has 1 aromatic heterocycles. The number of nitrogens with zero attached hydrogens (tertiary/aromatic N) is 2. The van der Waals surface area contributed by atoms with Crippen LogP contribution in [-0.2, 0) is 16.1 Å². The first-order valence-electron chi connectivity index (χ1n) is 11.9. The quantitative estimate of drug-likeness (QED) is 0.193.